The van der Waals surface area contributed by atoms with Crippen molar-refractivity contribution in [2.75, 3.05) is 6.54 Å². The highest BCUT2D eigenvalue weighted by Crippen LogP contribution is 2.44. The first kappa shape index (κ1) is 22.7. The van der Waals surface area contributed by atoms with Gasteiger partial charge in [-0.05, 0) is 44.6 Å². The summed E-state index contributed by atoms with van der Waals surface area (Å²) in [6.45, 7) is 2.63. The molecule has 3 rings (SSSR count). The number of rotatable bonds is 12. The number of hydrogen-bond donors (Lipinski definition) is 2. The monoisotopic (exact) mass is 413 g/mol. The molecule has 2 fully saturated rings. The van der Waals surface area contributed by atoms with E-state index in [0.29, 0.717) is 18.9 Å². The molecule has 0 spiro atoms. The van der Waals surface area contributed by atoms with Gasteiger partial charge < -0.3 is 10.4 Å². The zero-order chi connectivity index (χ0) is 21.2. The predicted octanol–water partition coefficient (Wildman–Crippen LogP) is 4.12. The second-order valence-electron chi connectivity index (χ2n) is 8.28. The molecular formula is C25H35NO4. The van der Waals surface area contributed by atoms with Crippen molar-refractivity contribution in [3.63, 3.8) is 0 Å². The average molecular weight is 414 g/mol. The molecule has 1 aromatic rings. The van der Waals surface area contributed by atoms with E-state index >= 15 is 0 Å². The third kappa shape index (κ3) is 6.79. The SMILES string of the molecule is CCNC(=O)CCC/C=C\C[C@@H]1[C@@H](/C=C/[C@@H](O)CCc2ccccc2)[C@H]2C[C@@H]1OO2. The molecule has 1 saturated carbocycles. The van der Waals surface area contributed by atoms with Crippen LogP contribution in [0.2, 0.25) is 0 Å². The second kappa shape index (κ2) is 12.0. The maximum Gasteiger partial charge on any atom is 0.219 e. The van der Waals surface area contributed by atoms with Crippen LogP contribution in [0.1, 0.15) is 51.0 Å². The molecule has 0 unspecified atom stereocenters. The Bertz CT molecular complexity index is 702. The Morgan fingerprint density at radius 3 is 2.83 bits per heavy atom. The van der Waals surface area contributed by atoms with E-state index in [1.165, 1.54) is 5.56 Å². The number of fused-ring (bicyclic) bond motifs is 2. The minimum Gasteiger partial charge on any atom is -0.389 e. The molecule has 2 N–H and O–H groups in total. The summed E-state index contributed by atoms with van der Waals surface area (Å²) in [6.07, 6.45) is 14.0. The van der Waals surface area contributed by atoms with Gasteiger partial charge in [-0.2, -0.15) is 0 Å². The van der Waals surface area contributed by atoms with Crippen LogP contribution in [0.25, 0.3) is 0 Å². The number of aryl methyl sites for hydroxylation is 1. The second-order valence-corrected chi connectivity index (χ2v) is 8.28. The van der Waals surface area contributed by atoms with Gasteiger partial charge in [0.05, 0.1) is 12.2 Å². The molecule has 2 aliphatic rings. The Hall–Kier alpha value is -1.95. The van der Waals surface area contributed by atoms with Gasteiger partial charge in [-0.15, -0.1) is 0 Å². The highest BCUT2D eigenvalue weighted by molar-refractivity contribution is 5.75. The van der Waals surface area contributed by atoms with Gasteiger partial charge in [0.15, 0.2) is 0 Å². The van der Waals surface area contributed by atoms with E-state index in [4.69, 9.17) is 9.78 Å². The summed E-state index contributed by atoms with van der Waals surface area (Å²) >= 11 is 0. The van der Waals surface area contributed by atoms with Gasteiger partial charge in [0.2, 0.25) is 5.91 Å². The van der Waals surface area contributed by atoms with Crippen LogP contribution in [0.4, 0.5) is 0 Å². The van der Waals surface area contributed by atoms with E-state index in [0.717, 1.165) is 38.5 Å². The van der Waals surface area contributed by atoms with Gasteiger partial charge in [-0.25, -0.2) is 9.78 Å². The van der Waals surface area contributed by atoms with Crippen molar-refractivity contribution in [1.29, 1.82) is 0 Å². The van der Waals surface area contributed by atoms with Crippen molar-refractivity contribution in [2.45, 2.75) is 70.2 Å². The zero-order valence-corrected chi connectivity index (χ0v) is 17.9. The quantitative estimate of drug-likeness (QED) is 0.307. The van der Waals surface area contributed by atoms with E-state index in [9.17, 15) is 9.90 Å². The molecule has 0 radical (unpaired) electrons. The van der Waals surface area contributed by atoms with Crippen LogP contribution in [-0.2, 0) is 21.0 Å². The maximum absolute atomic E-state index is 11.5. The maximum atomic E-state index is 11.5. The van der Waals surface area contributed by atoms with E-state index in [2.05, 4.69) is 35.7 Å². The number of unbranched alkanes of at least 4 members (excludes halogenated alkanes) is 1. The molecule has 1 amide bonds. The van der Waals surface area contributed by atoms with Crippen LogP contribution in [-0.4, -0.2) is 35.9 Å². The summed E-state index contributed by atoms with van der Waals surface area (Å²) in [6, 6.07) is 10.3. The fraction of sp³-hybridized carbons (Fsp3) is 0.560. The van der Waals surface area contributed by atoms with Crippen molar-refractivity contribution in [2.24, 2.45) is 11.8 Å². The standard InChI is InChI=1S/C25H35NO4/c1-2-26-25(28)13-9-4-3-8-12-21-22(24-18-23(21)29-30-24)17-16-20(27)15-14-19-10-6-5-7-11-19/h3,5-8,10-11,16-17,20-24,27H,2,4,9,12-15,18H2,1H3,(H,26,28)/b8-3-,17-16+/t20-,21+,22+,23-,24+/m0/s1. The van der Waals surface area contributed by atoms with Crippen molar-refractivity contribution >= 4 is 5.91 Å². The van der Waals surface area contributed by atoms with E-state index < -0.39 is 6.10 Å². The van der Waals surface area contributed by atoms with E-state index in [1.54, 1.807) is 0 Å². The Morgan fingerprint density at radius 2 is 2.03 bits per heavy atom. The number of aliphatic hydroxyl groups excluding tert-OH is 1. The third-order valence-electron chi connectivity index (χ3n) is 6.02. The lowest BCUT2D eigenvalue weighted by atomic mass is 9.89. The van der Waals surface area contributed by atoms with E-state index in [1.807, 2.05) is 31.2 Å². The largest absolute Gasteiger partial charge is 0.389 e. The number of hydrogen-bond acceptors (Lipinski definition) is 4. The topological polar surface area (TPSA) is 67.8 Å². The lowest BCUT2D eigenvalue weighted by Gasteiger charge is -2.27. The van der Waals surface area contributed by atoms with Gasteiger partial charge >= 0.3 is 0 Å². The fourth-order valence-electron chi connectivity index (χ4n) is 4.37. The van der Waals surface area contributed by atoms with Crippen LogP contribution in [0.15, 0.2) is 54.6 Å². The molecule has 1 aliphatic carbocycles. The summed E-state index contributed by atoms with van der Waals surface area (Å²) in [5.74, 6) is 0.775. The van der Waals surface area contributed by atoms with Crippen LogP contribution in [0, 0.1) is 11.8 Å². The fourth-order valence-corrected chi connectivity index (χ4v) is 4.37. The molecule has 5 atom stereocenters. The molecule has 5 nitrogen and oxygen atoms in total. The molecule has 164 valence electrons. The molecule has 30 heavy (non-hydrogen) atoms. The Morgan fingerprint density at radius 1 is 1.23 bits per heavy atom. The Labute approximate surface area is 180 Å². The summed E-state index contributed by atoms with van der Waals surface area (Å²) < 4.78 is 0. The summed E-state index contributed by atoms with van der Waals surface area (Å²) in [7, 11) is 0. The zero-order valence-electron chi connectivity index (χ0n) is 17.9. The smallest absolute Gasteiger partial charge is 0.219 e. The van der Waals surface area contributed by atoms with E-state index in [-0.39, 0.29) is 24.0 Å². The van der Waals surface area contributed by atoms with Crippen LogP contribution in [0.3, 0.4) is 0 Å². The number of aliphatic hydroxyl groups is 1. The average Bonchev–Trinajstić information content (AvgIpc) is 3.36. The first-order chi connectivity index (χ1) is 14.7. The minimum absolute atomic E-state index is 0.0868. The molecule has 1 aliphatic heterocycles. The number of nitrogens with one attached hydrogen (secondary N) is 1. The first-order valence-electron chi connectivity index (χ1n) is 11.3. The van der Waals surface area contributed by atoms with Crippen molar-refractivity contribution in [1.82, 2.24) is 5.32 Å². The highest BCUT2D eigenvalue weighted by Gasteiger charge is 2.49. The van der Waals surface area contributed by atoms with Crippen molar-refractivity contribution in [3.05, 3.63) is 60.2 Å². The third-order valence-corrected chi connectivity index (χ3v) is 6.02. The molecule has 0 aromatic heterocycles. The molecule has 1 aromatic carbocycles. The lowest BCUT2D eigenvalue weighted by molar-refractivity contribution is -0.336. The first-order valence-corrected chi connectivity index (χ1v) is 11.3. The molecule has 1 saturated heterocycles. The van der Waals surface area contributed by atoms with Gasteiger partial charge in [-0.3, -0.25) is 4.79 Å². The summed E-state index contributed by atoms with van der Waals surface area (Å²) in [5.41, 5.74) is 1.25. The van der Waals surface area contributed by atoms with Crippen LogP contribution >= 0.6 is 0 Å². The van der Waals surface area contributed by atoms with Gasteiger partial charge in [0.1, 0.15) is 6.10 Å². The van der Waals surface area contributed by atoms with Crippen molar-refractivity contribution in [3.8, 4) is 0 Å². The van der Waals surface area contributed by atoms with Gasteiger partial charge in [0.25, 0.3) is 0 Å². The molecular weight excluding hydrogens is 378 g/mol. The molecule has 5 heteroatoms. The molecule has 2 bridgehead atoms. The molecule has 1 heterocycles. The number of benzene rings is 1. The number of amides is 1. The Kier molecular flexibility index (Phi) is 9.12. The highest BCUT2D eigenvalue weighted by atomic mass is 17.2. The predicted molar refractivity (Wildman–Crippen MR) is 118 cm³/mol. The minimum atomic E-state index is -0.448. The van der Waals surface area contributed by atoms with Crippen molar-refractivity contribution < 1.29 is 19.7 Å². The van der Waals surface area contributed by atoms with Crippen LogP contribution in [0.5, 0.6) is 0 Å². The van der Waals surface area contributed by atoms with Crippen LogP contribution < -0.4 is 5.32 Å². The number of allylic oxidation sites excluding steroid dienone is 2. The van der Waals surface area contributed by atoms with Gasteiger partial charge in [0, 0.05) is 31.2 Å². The number of carbonyl (C=O) groups is 1. The Balaban J connectivity index is 1.42. The lowest BCUT2D eigenvalue weighted by Crippen LogP contribution is -2.28. The number of carbonyl (C=O) groups excluding carboxylic acids is 1. The normalized spacial score (nSPS) is 26.6. The summed E-state index contributed by atoms with van der Waals surface area (Å²) in [5, 5.41) is 13.2. The summed E-state index contributed by atoms with van der Waals surface area (Å²) in [4.78, 5) is 22.4. The van der Waals surface area contributed by atoms with Gasteiger partial charge in [-0.1, -0.05) is 54.6 Å².